The Labute approximate surface area is 110 Å². The number of rotatable bonds is 6. The lowest BCUT2D eigenvalue weighted by atomic mass is 10.2. The number of aromatic nitrogens is 2. The molecular formula is C11H17N3O3S. The van der Waals surface area contributed by atoms with E-state index in [0.29, 0.717) is 25.0 Å². The average molecular weight is 271 g/mol. The van der Waals surface area contributed by atoms with E-state index in [4.69, 9.17) is 9.47 Å². The summed E-state index contributed by atoms with van der Waals surface area (Å²) in [5.74, 6) is -0.125. The van der Waals surface area contributed by atoms with Crippen molar-refractivity contribution in [1.82, 2.24) is 10.2 Å². The quantitative estimate of drug-likeness (QED) is 0.788. The predicted octanol–water partition coefficient (Wildman–Crippen LogP) is 1.23. The Bertz CT molecular complexity index is 391. The molecule has 6 nitrogen and oxygen atoms in total. The zero-order valence-electron chi connectivity index (χ0n) is 10.3. The van der Waals surface area contributed by atoms with Gasteiger partial charge in [0.15, 0.2) is 0 Å². The van der Waals surface area contributed by atoms with Crippen LogP contribution in [0, 0.1) is 0 Å². The SMILES string of the molecule is CCOCCc1nnc(NC(=O)[C@H]2CCCO2)s1. The molecule has 18 heavy (non-hydrogen) atoms. The van der Waals surface area contributed by atoms with Crippen LogP contribution in [0.25, 0.3) is 0 Å². The Morgan fingerprint density at radius 2 is 2.50 bits per heavy atom. The molecule has 1 fully saturated rings. The van der Waals surface area contributed by atoms with Crippen LogP contribution in [0.4, 0.5) is 5.13 Å². The Hall–Kier alpha value is -1.05. The second-order valence-electron chi connectivity index (χ2n) is 3.94. The maximum absolute atomic E-state index is 11.8. The Morgan fingerprint density at radius 1 is 1.61 bits per heavy atom. The molecule has 1 N–H and O–H groups in total. The second kappa shape index (κ2) is 6.77. The highest BCUT2D eigenvalue weighted by atomic mass is 32.1. The number of hydrogen-bond donors (Lipinski definition) is 1. The zero-order chi connectivity index (χ0) is 12.8. The van der Waals surface area contributed by atoms with E-state index in [0.717, 1.165) is 24.3 Å². The molecule has 1 aromatic heterocycles. The van der Waals surface area contributed by atoms with Crippen LogP contribution in [0.15, 0.2) is 0 Å². The summed E-state index contributed by atoms with van der Waals surface area (Å²) in [7, 11) is 0. The third-order valence-corrected chi connectivity index (χ3v) is 3.48. The van der Waals surface area contributed by atoms with Gasteiger partial charge in [-0.3, -0.25) is 10.1 Å². The number of nitrogens with zero attached hydrogens (tertiary/aromatic N) is 2. The number of ether oxygens (including phenoxy) is 2. The third-order valence-electron chi connectivity index (χ3n) is 2.58. The second-order valence-corrected chi connectivity index (χ2v) is 5.00. The molecule has 0 radical (unpaired) electrons. The monoisotopic (exact) mass is 271 g/mol. The van der Waals surface area contributed by atoms with Crippen LogP contribution in [-0.2, 0) is 20.7 Å². The molecule has 1 aliphatic rings. The maximum atomic E-state index is 11.8. The lowest BCUT2D eigenvalue weighted by Crippen LogP contribution is -2.26. The molecule has 0 bridgehead atoms. The van der Waals surface area contributed by atoms with Gasteiger partial charge in [0.2, 0.25) is 5.13 Å². The van der Waals surface area contributed by atoms with Gasteiger partial charge in [0.05, 0.1) is 6.61 Å². The van der Waals surface area contributed by atoms with E-state index in [1.165, 1.54) is 11.3 Å². The van der Waals surface area contributed by atoms with Gasteiger partial charge < -0.3 is 9.47 Å². The van der Waals surface area contributed by atoms with Crippen molar-refractivity contribution in [2.45, 2.75) is 32.3 Å². The van der Waals surface area contributed by atoms with Crippen molar-refractivity contribution in [2.24, 2.45) is 0 Å². The number of hydrogen-bond acceptors (Lipinski definition) is 6. The third kappa shape index (κ3) is 3.72. The number of carbonyl (C=O) groups excluding carboxylic acids is 1. The van der Waals surface area contributed by atoms with E-state index in [1.807, 2.05) is 6.92 Å². The van der Waals surface area contributed by atoms with E-state index in [2.05, 4.69) is 15.5 Å². The maximum Gasteiger partial charge on any atom is 0.255 e. The van der Waals surface area contributed by atoms with Crippen LogP contribution in [0.2, 0.25) is 0 Å². The fraction of sp³-hybridized carbons (Fsp3) is 0.727. The van der Waals surface area contributed by atoms with Crippen LogP contribution >= 0.6 is 11.3 Å². The van der Waals surface area contributed by atoms with Crippen molar-refractivity contribution in [2.75, 3.05) is 25.1 Å². The molecule has 1 saturated heterocycles. The van der Waals surface area contributed by atoms with Crippen LogP contribution < -0.4 is 5.32 Å². The first kappa shape index (κ1) is 13.4. The first-order chi connectivity index (χ1) is 8.79. The number of amides is 1. The normalized spacial score (nSPS) is 19.1. The zero-order valence-corrected chi connectivity index (χ0v) is 11.2. The lowest BCUT2D eigenvalue weighted by molar-refractivity contribution is -0.124. The fourth-order valence-corrected chi connectivity index (χ4v) is 2.40. The van der Waals surface area contributed by atoms with Crippen molar-refractivity contribution < 1.29 is 14.3 Å². The minimum absolute atomic E-state index is 0.125. The van der Waals surface area contributed by atoms with Gasteiger partial charge in [0.25, 0.3) is 5.91 Å². The molecule has 0 spiro atoms. The molecule has 1 amide bonds. The molecule has 2 rings (SSSR count). The van der Waals surface area contributed by atoms with Crippen LogP contribution in [-0.4, -0.2) is 42.0 Å². The highest BCUT2D eigenvalue weighted by molar-refractivity contribution is 7.15. The molecule has 0 aromatic carbocycles. The smallest absolute Gasteiger partial charge is 0.255 e. The van der Waals surface area contributed by atoms with Gasteiger partial charge in [-0.05, 0) is 19.8 Å². The van der Waals surface area contributed by atoms with Gasteiger partial charge in [-0.15, -0.1) is 10.2 Å². The van der Waals surface area contributed by atoms with E-state index >= 15 is 0 Å². The molecule has 2 heterocycles. The summed E-state index contributed by atoms with van der Waals surface area (Å²) in [6.07, 6.45) is 2.11. The Kier molecular flexibility index (Phi) is 5.03. The summed E-state index contributed by atoms with van der Waals surface area (Å²) >= 11 is 1.38. The van der Waals surface area contributed by atoms with E-state index in [-0.39, 0.29) is 12.0 Å². The number of anilines is 1. The Morgan fingerprint density at radius 3 is 3.22 bits per heavy atom. The first-order valence-corrected chi connectivity index (χ1v) is 6.94. The molecule has 0 saturated carbocycles. The fourth-order valence-electron chi connectivity index (χ4n) is 1.68. The summed E-state index contributed by atoms with van der Waals surface area (Å²) in [5.41, 5.74) is 0. The molecular weight excluding hydrogens is 254 g/mol. The van der Waals surface area contributed by atoms with Gasteiger partial charge in [0, 0.05) is 19.6 Å². The van der Waals surface area contributed by atoms with Crippen LogP contribution in [0.1, 0.15) is 24.8 Å². The summed E-state index contributed by atoms with van der Waals surface area (Å²) < 4.78 is 10.5. The van der Waals surface area contributed by atoms with Gasteiger partial charge in [-0.2, -0.15) is 0 Å². The summed E-state index contributed by atoms with van der Waals surface area (Å²) in [5, 5.41) is 12.1. The predicted molar refractivity (Wildman–Crippen MR) is 67.7 cm³/mol. The lowest BCUT2D eigenvalue weighted by Gasteiger charge is -2.06. The minimum atomic E-state index is -0.333. The number of carbonyl (C=O) groups is 1. The molecule has 1 aliphatic heterocycles. The van der Waals surface area contributed by atoms with Crippen molar-refractivity contribution in [3.63, 3.8) is 0 Å². The standard InChI is InChI=1S/C11H17N3O3S/c1-2-16-7-5-9-13-14-11(18-9)12-10(15)8-4-3-6-17-8/h8H,2-7H2,1H3,(H,12,14,15)/t8-/m1/s1. The van der Waals surface area contributed by atoms with Crippen LogP contribution in [0.3, 0.4) is 0 Å². The van der Waals surface area contributed by atoms with E-state index < -0.39 is 0 Å². The summed E-state index contributed by atoms with van der Waals surface area (Å²) in [4.78, 5) is 11.8. The molecule has 1 aromatic rings. The first-order valence-electron chi connectivity index (χ1n) is 6.12. The number of nitrogens with one attached hydrogen (secondary N) is 1. The van der Waals surface area contributed by atoms with Crippen molar-refractivity contribution in [3.8, 4) is 0 Å². The molecule has 1 atom stereocenters. The molecule has 7 heteroatoms. The van der Waals surface area contributed by atoms with Gasteiger partial charge in [-0.25, -0.2) is 0 Å². The minimum Gasteiger partial charge on any atom is -0.381 e. The van der Waals surface area contributed by atoms with E-state index in [9.17, 15) is 4.79 Å². The highest BCUT2D eigenvalue weighted by Gasteiger charge is 2.24. The largest absolute Gasteiger partial charge is 0.381 e. The highest BCUT2D eigenvalue weighted by Crippen LogP contribution is 2.18. The van der Waals surface area contributed by atoms with Crippen molar-refractivity contribution >= 4 is 22.4 Å². The molecule has 100 valence electrons. The average Bonchev–Trinajstić information content (AvgIpc) is 3.00. The molecule has 0 aliphatic carbocycles. The Balaban J connectivity index is 1.80. The van der Waals surface area contributed by atoms with Crippen molar-refractivity contribution in [1.29, 1.82) is 0 Å². The summed E-state index contributed by atoms with van der Waals surface area (Å²) in [6, 6.07) is 0. The van der Waals surface area contributed by atoms with Gasteiger partial charge in [-0.1, -0.05) is 11.3 Å². The van der Waals surface area contributed by atoms with Crippen molar-refractivity contribution in [3.05, 3.63) is 5.01 Å². The van der Waals surface area contributed by atoms with Crippen LogP contribution in [0.5, 0.6) is 0 Å². The van der Waals surface area contributed by atoms with Gasteiger partial charge in [0.1, 0.15) is 11.1 Å². The van der Waals surface area contributed by atoms with E-state index in [1.54, 1.807) is 0 Å². The topological polar surface area (TPSA) is 73.3 Å². The molecule has 0 unspecified atom stereocenters. The summed E-state index contributed by atoms with van der Waals surface area (Å²) in [6.45, 7) is 3.94. The van der Waals surface area contributed by atoms with Gasteiger partial charge >= 0.3 is 0 Å².